The predicted molar refractivity (Wildman–Crippen MR) is 65.8 cm³/mol. The first-order chi connectivity index (χ1) is 7.79. The number of rotatable bonds is 3. The van der Waals surface area contributed by atoms with Crippen LogP contribution in [0.1, 0.15) is 19.8 Å². The lowest BCUT2D eigenvalue weighted by molar-refractivity contribution is -0.118. The maximum absolute atomic E-state index is 11.5. The molecule has 1 aromatic rings. The Morgan fingerprint density at radius 3 is 3.19 bits per heavy atom. The van der Waals surface area contributed by atoms with Gasteiger partial charge in [0.15, 0.2) is 5.17 Å². The summed E-state index contributed by atoms with van der Waals surface area (Å²) in [6.07, 6.45) is 5.27. The maximum Gasteiger partial charge on any atom is 0.239 e. The molecule has 0 spiro atoms. The third-order valence-corrected chi connectivity index (χ3v) is 3.35. The van der Waals surface area contributed by atoms with E-state index in [4.69, 9.17) is 0 Å². The van der Waals surface area contributed by atoms with E-state index in [2.05, 4.69) is 22.2 Å². The molecule has 16 heavy (non-hydrogen) atoms. The molecule has 0 bridgehead atoms. The molecule has 2 rings (SSSR count). The first-order valence-electron chi connectivity index (χ1n) is 5.26. The average molecular weight is 235 g/mol. The Kier molecular flexibility index (Phi) is 3.56. The Hall–Kier alpha value is -1.36. The highest BCUT2D eigenvalue weighted by Gasteiger charge is 2.29. The molecule has 1 amide bonds. The number of aromatic nitrogens is 1. The molecule has 84 valence electrons. The normalized spacial score (nSPS) is 22.4. The standard InChI is InChI=1S/C11H13N3OS/c1-2-4-9-10(15)14-11(16-9)13-8-5-3-6-12-7-8/h3,5-7,9H,2,4H2,1H3,(H,13,14,15). The van der Waals surface area contributed by atoms with Crippen molar-refractivity contribution in [3.8, 4) is 0 Å². The molecule has 1 aromatic heterocycles. The van der Waals surface area contributed by atoms with Gasteiger partial charge in [0.1, 0.15) is 0 Å². The number of amides is 1. The predicted octanol–water partition coefficient (Wildman–Crippen LogP) is 2.10. The fourth-order valence-electron chi connectivity index (χ4n) is 1.45. The van der Waals surface area contributed by atoms with Crippen LogP contribution < -0.4 is 5.32 Å². The molecule has 0 aromatic carbocycles. The SMILES string of the molecule is CCCC1SC(=Nc2cccnc2)NC1=O. The second-order valence-electron chi connectivity index (χ2n) is 3.51. The molecule has 0 aliphatic carbocycles. The van der Waals surface area contributed by atoms with Crippen molar-refractivity contribution in [3.63, 3.8) is 0 Å². The van der Waals surface area contributed by atoms with Gasteiger partial charge in [0, 0.05) is 6.20 Å². The van der Waals surface area contributed by atoms with Gasteiger partial charge in [-0.1, -0.05) is 25.1 Å². The number of nitrogens with zero attached hydrogens (tertiary/aromatic N) is 2. The van der Waals surface area contributed by atoms with Crippen LogP contribution in [0.25, 0.3) is 0 Å². The zero-order chi connectivity index (χ0) is 11.4. The zero-order valence-electron chi connectivity index (χ0n) is 9.01. The number of aliphatic imine (C=N–C) groups is 1. The van der Waals surface area contributed by atoms with Crippen LogP contribution in [-0.2, 0) is 4.79 Å². The lowest BCUT2D eigenvalue weighted by Gasteiger charge is -1.99. The molecule has 1 saturated heterocycles. The van der Waals surface area contributed by atoms with Crippen molar-refractivity contribution < 1.29 is 4.79 Å². The minimum Gasteiger partial charge on any atom is -0.304 e. The number of thioether (sulfide) groups is 1. The van der Waals surface area contributed by atoms with Gasteiger partial charge >= 0.3 is 0 Å². The number of pyridine rings is 1. The zero-order valence-corrected chi connectivity index (χ0v) is 9.83. The molecule has 1 N–H and O–H groups in total. The molecule has 1 aliphatic heterocycles. The fraction of sp³-hybridized carbons (Fsp3) is 0.364. The van der Waals surface area contributed by atoms with E-state index in [-0.39, 0.29) is 11.2 Å². The van der Waals surface area contributed by atoms with E-state index in [9.17, 15) is 4.79 Å². The first-order valence-corrected chi connectivity index (χ1v) is 6.14. The lowest BCUT2D eigenvalue weighted by Crippen LogP contribution is -2.24. The molecule has 2 heterocycles. The third-order valence-electron chi connectivity index (χ3n) is 2.20. The molecule has 5 heteroatoms. The summed E-state index contributed by atoms with van der Waals surface area (Å²) in [5.41, 5.74) is 0.766. The van der Waals surface area contributed by atoms with E-state index in [0.717, 1.165) is 18.5 Å². The van der Waals surface area contributed by atoms with Crippen LogP contribution in [0.2, 0.25) is 0 Å². The van der Waals surface area contributed by atoms with Gasteiger partial charge in [0.2, 0.25) is 5.91 Å². The molecular weight excluding hydrogens is 222 g/mol. The van der Waals surface area contributed by atoms with Gasteiger partial charge in [-0.05, 0) is 18.6 Å². The largest absolute Gasteiger partial charge is 0.304 e. The van der Waals surface area contributed by atoms with Crippen LogP contribution in [-0.4, -0.2) is 21.3 Å². The van der Waals surface area contributed by atoms with Crippen LogP contribution in [0.4, 0.5) is 5.69 Å². The van der Waals surface area contributed by atoms with Crippen molar-refractivity contribution in [1.29, 1.82) is 0 Å². The Morgan fingerprint density at radius 1 is 1.62 bits per heavy atom. The molecule has 0 radical (unpaired) electrons. The van der Waals surface area contributed by atoms with Crippen molar-refractivity contribution >= 4 is 28.5 Å². The van der Waals surface area contributed by atoms with Crippen LogP contribution >= 0.6 is 11.8 Å². The van der Waals surface area contributed by atoms with E-state index in [1.54, 1.807) is 12.4 Å². The smallest absolute Gasteiger partial charge is 0.239 e. The lowest BCUT2D eigenvalue weighted by atomic mass is 10.2. The number of hydrogen-bond acceptors (Lipinski definition) is 4. The topological polar surface area (TPSA) is 54.4 Å². The van der Waals surface area contributed by atoms with Gasteiger partial charge in [0.05, 0.1) is 17.1 Å². The number of hydrogen-bond donors (Lipinski definition) is 1. The van der Waals surface area contributed by atoms with Crippen molar-refractivity contribution in [2.75, 3.05) is 0 Å². The van der Waals surface area contributed by atoms with Crippen LogP contribution in [0.15, 0.2) is 29.5 Å². The maximum atomic E-state index is 11.5. The van der Waals surface area contributed by atoms with Gasteiger partial charge in [0.25, 0.3) is 0 Å². The van der Waals surface area contributed by atoms with Crippen LogP contribution in [0.5, 0.6) is 0 Å². The fourth-order valence-corrected chi connectivity index (χ4v) is 2.55. The number of carbonyl (C=O) groups excluding carboxylic acids is 1. The average Bonchev–Trinajstić information content (AvgIpc) is 2.61. The highest BCUT2D eigenvalue weighted by Crippen LogP contribution is 2.25. The molecule has 1 aliphatic rings. The quantitative estimate of drug-likeness (QED) is 0.873. The van der Waals surface area contributed by atoms with E-state index >= 15 is 0 Å². The molecule has 4 nitrogen and oxygen atoms in total. The van der Waals surface area contributed by atoms with Gasteiger partial charge in [-0.25, -0.2) is 4.99 Å². The summed E-state index contributed by atoms with van der Waals surface area (Å²) in [6, 6.07) is 3.68. The summed E-state index contributed by atoms with van der Waals surface area (Å²) in [6.45, 7) is 2.07. The first kappa shape index (κ1) is 11.1. The Balaban J connectivity index is 2.08. The number of amidine groups is 1. The van der Waals surface area contributed by atoms with Crippen molar-refractivity contribution in [2.45, 2.75) is 25.0 Å². The Bertz CT molecular complexity index is 405. The van der Waals surface area contributed by atoms with Crippen LogP contribution in [0.3, 0.4) is 0 Å². The van der Waals surface area contributed by atoms with Crippen LogP contribution in [0, 0.1) is 0 Å². The molecule has 1 unspecified atom stereocenters. The summed E-state index contributed by atoms with van der Waals surface area (Å²) in [4.78, 5) is 19.8. The highest BCUT2D eigenvalue weighted by molar-refractivity contribution is 8.15. The summed E-state index contributed by atoms with van der Waals surface area (Å²) in [5, 5.41) is 3.48. The summed E-state index contributed by atoms with van der Waals surface area (Å²) in [7, 11) is 0. The van der Waals surface area contributed by atoms with Gasteiger partial charge in [-0.15, -0.1) is 0 Å². The molecule has 1 fully saturated rings. The van der Waals surface area contributed by atoms with Crippen molar-refractivity contribution in [2.24, 2.45) is 4.99 Å². The van der Waals surface area contributed by atoms with E-state index < -0.39 is 0 Å². The minimum absolute atomic E-state index is 0.0143. The van der Waals surface area contributed by atoms with Gasteiger partial charge in [-0.2, -0.15) is 0 Å². The summed E-state index contributed by atoms with van der Waals surface area (Å²) in [5.74, 6) is 0.0643. The number of nitrogens with one attached hydrogen (secondary N) is 1. The Labute approximate surface area is 98.6 Å². The second kappa shape index (κ2) is 5.12. The molecular formula is C11H13N3OS. The molecule has 1 atom stereocenters. The second-order valence-corrected chi connectivity index (χ2v) is 4.70. The van der Waals surface area contributed by atoms with Crippen molar-refractivity contribution in [3.05, 3.63) is 24.5 Å². The molecule has 0 saturated carbocycles. The summed E-state index contributed by atoms with van der Waals surface area (Å²) >= 11 is 1.50. The van der Waals surface area contributed by atoms with Crippen molar-refractivity contribution in [1.82, 2.24) is 10.3 Å². The third kappa shape index (κ3) is 2.61. The summed E-state index contributed by atoms with van der Waals surface area (Å²) < 4.78 is 0. The number of carbonyl (C=O) groups is 1. The minimum atomic E-state index is 0.0143. The van der Waals surface area contributed by atoms with E-state index in [1.165, 1.54) is 11.8 Å². The van der Waals surface area contributed by atoms with E-state index in [1.807, 2.05) is 12.1 Å². The monoisotopic (exact) mass is 235 g/mol. The van der Waals surface area contributed by atoms with E-state index in [0.29, 0.717) is 5.17 Å². The van der Waals surface area contributed by atoms with Gasteiger partial charge < -0.3 is 5.32 Å². The highest BCUT2D eigenvalue weighted by atomic mass is 32.2. The Morgan fingerprint density at radius 2 is 2.50 bits per heavy atom. The van der Waals surface area contributed by atoms with Gasteiger partial charge in [-0.3, -0.25) is 9.78 Å².